The number of ketones is 1. The van der Waals surface area contributed by atoms with Gasteiger partial charge in [-0.3, -0.25) is 4.79 Å². The summed E-state index contributed by atoms with van der Waals surface area (Å²) < 4.78 is 0. The summed E-state index contributed by atoms with van der Waals surface area (Å²) >= 11 is 0. The highest BCUT2D eigenvalue weighted by Gasteiger charge is 2.45. The van der Waals surface area contributed by atoms with E-state index >= 15 is 0 Å². The number of carbonyl (C=O) groups is 1. The summed E-state index contributed by atoms with van der Waals surface area (Å²) in [4.78, 5) is 11.7. The molecule has 60 valence electrons. The molecule has 0 atom stereocenters. The molecule has 0 saturated heterocycles. The minimum Gasteiger partial charge on any atom is -0.294 e. The molecule has 2 rings (SSSR count). The lowest BCUT2D eigenvalue weighted by Gasteiger charge is -2.06. The standard InChI is InChI=1S/C10H14O/c1-10(6-7-10)9(11)8-4-2-3-5-8/h4H,2-3,5-7H2,1H3. The second-order valence-electron chi connectivity index (χ2n) is 4.01. The first-order valence-electron chi connectivity index (χ1n) is 4.46. The normalized spacial score (nSPS) is 26.5. The Kier molecular flexibility index (Phi) is 1.41. The molecule has 1 nitrogen and oxygen atoms in total. The van der Waals surface area contributed by atoms with Gasteiger partial charge >= 0.3 is 0 Å². The van der Waals surface area contributed by atoms with Crippen LogP contribution in [0.25, 0.3) is 0 Å². The van der Waals surface area contributed by atoms with Gasteiger partial charge in [0.15, 0.2) is 5.78 Å². The van der Waals surface area contributed by atoms with Gasteiger partial charge in [0.25, 0.3) is 0 Å². The Morgan fingerprint density at radius 2 is 2.27 bits per heavy atom. The molecule has 0 aliphatic heterocycles. The average Bonchev–Trinajstić information content (AvgIpc) is 2.54. The van der Waals surface area contributed by atoms with Gasteiger partial charge in [-0.15, -0.1) is 0 Å². The van der Waals surface area contributed by atoms with Crippen LogP contribution in [0.3, 0.4) is 0 Å². The van der Waals surface area contributed by atoms with Gasteiger partial charge in [-0.25, -0.2) is 0 Å². The first kappa shape index (κ1) is 7.08. The maximum Gasteiger partial charge on any atom is 0.164 e. The van der Waals surface area contributed by atoms with Crippen LogP contribution < -0.4 is 0 Å². The van der Waals surface area contributed by atoms with Crippen LogP contribution in [0.2, 0.25) is 0 Å². The topological polar surface area (TPSA) is 17.1 Å². The second kappa shape index (κ2) is 2.20. The predicted octanol–water partition coefficient (Wildman–Crippen LogP) is 2.47. The summed E-state index contributed by atoms with van der Waals surface area (Å²) in [6.07, 6.45) is 7.71. The molecule has 0 bridgehead atoms. The van der Waals surface area contributed by atoms with E-state index < -0.39 is 0 Å². The van der Waals surface area contributed by atoms with Crippen molar-refractivity contribution in [2.45, 2.75) is 39.0 Å². The largest absolute Gasteiger partial charge is 0.294 e. The van der Waals surface area contributed by atoms with Gasteiger partial charge in [0, 0.05) is 5.41 Å². The smallest absolute Gasteiger partial charge is 0.164 e. The van der Waals surface area contributed by atoms with Crippen molar-refractivity contribution < 1.29 is 4.79 Å². The van der Waals surface area contributed by atoms with E-state index in [0.717, 1.165) is 31.3 Å². The third-order valence-corrected chi connectivity index (χ3v) is 2.88. The van der Waals surface area contributed by atoms with Gasteiger partial charge in [-0.2, -0.15) is 0 Å². The molecule has 0 aromatic carbocycles. The molecule has 0 aromatic heterocycles. The minimum atomic E-state index is 0.0656. The molecule has 0 amide bonds. The molecule has 1 saturated carbocycles. The van der Waals surface area contributed by atoms with Gasteiger partial charge in [-0.05, 0) is 37.7 Å². The minimum absolute atomic E-state index is 0.0656. The zero-order valence-corrected chi connectivity index (χ0v) is 7.02. The molecule has 1 heteroatoms. The van der Waals surface area contributed by atoms with E-state index in [9.17, 15) is 4.79 Å². The zero-order valence-electron chi connectivity index (χ0n) is 7.02. The molecule has 11 heavy (non-hydrogen) atoms. The lowest BCUT2D eigenvalue weighted by molar-refractivity contribution is -0.119. The second-order valence-corrected chi connectivity index (χ2v) is 4.01. The monoisotopic (exact) mass is 150 g/mol. The van der Waals surface area contributed by atoms with Crippen molar-refractivity contribution in [3.05, 3.63) is 11.6 Å². The predicted molar refractivity (Wildman–Crippen MR) is 44.3 cm³/mol. The van der Waals surface area contributed by atoms with E-state index in [1.54, 1.807) is 0 Å². The van der Waals surface area contributed by atoms with E-state index in [-0.39, 0.29) is 5.41 Å². The van der Waals surface area contributed by atoms with Gasteiger partial charge in [0.05, 0.1) is 0 Å². The molecule has 0 heterocycles. The number of allylic oxidation sites excluding steroid dienone is 2. The highest BCUT2D eigenvalue weighted by Crippen LogP contribution is 2.48. The quantitative estimate of drug-likeness (QED) is 0.591. The van der Waals surface area contributed by atoms with E-state index in [0.29, 0.717) is 5.78 Å². The molecule has 0 N–H and O–H groups in total. The highest BCUT2D eigenvalue weighted by atomic mass is 16.1. The molecule has 0 aromatic rings. The molecular formula is C10H14O. The van der Waals surface area contributed by atoms with Crippen molar-refractivity contribution in [2.24, 2.45) is 5.41 Å². The van der Waals surface area contributed by atoms with Crippen molar-refractivity contribution >= 4 is 5.78 Å². The fraction of sp³-hybridized carbons (Fsp3) is 0.700. The third kappa shape index (κ3) is 1.13. The van der Waals surface area contributed by atoms with Crippen LogP contribution >= 0.6 is 0 Å². The Bertz CT molecular complexity index is 221. The van der Waals surface area contributed by atoms with Gasteiger partial charge < -0.3 is 0 Å². The maximum absolute atomic E-state index is 11.7. The Labute approximate surface area is 67.5 Å². The van der Waals surface area contributed by atoms with Crippen LogP contribution in [0.5, 0.6) is 0 Å². The molecule has 0 spiro atoms. The molecule has 2 aliphatic rings. The number of rotatable bonds is 2. The van der Waals surface area contributed by atoms with Crippen molar-refractivity contribution in [3.8, 4) is 0 Å². The Balaban J connectivity index is 2.10. The lowest BCUT2D eigenvalue weighted by atomic mass is 9.96. The molecule has 2 aliphatic carbocycles. The fourth-order valence-electron chi connectivity index (χ4n) is 1.68. The average molecular weight is 150 g/mol. The first-order valence-corrected chi connectivity index (χ1v) is 4.46. The summed E-state index contributed by atoms with van der Waals surface area (Å²) in [5.74, 6) is 0.440. The van der Waals surface area contributed by atoms with E-state index in [1.165, 1.54) is 6.42 Å². The van der Waals surface area contributed by atoms with Crippen molar-refractivity contribution in [1.82, 2.24) is 0 Å². The SMILES string of the molecule is CC1(C(=O)C2=CCCC2)CC1. The van der Waals surface area contributed by atoms with Crippen molar-refractivity contribution in [3.63, 3.8) is 0 Å². The van der Waals surface area contributed by atoms with Crippen molar-refractivity contribution in [2.75, 3.05) is 0 Å². The van der Waals surface area contributed by atoms with Gasteiger partial charge in [-0.1, -0.05) is 13.0 Å². The van der Waals surface area contributed by atoms with Crippen molar-refractivity contribution in [1.29, 1.82) is 0 Å². The number of hydrogen-bond donors (Lipinski definition) is 0. The van der Waals surface area contributed by atoms with Crippen LogP contribution in [0.15, 0.2) is 11.6 Å². The Morgan fingerprint density at radius 1 is 1.55 bits per heavy atom. The molecular weight excluding hydrogens is 136 g/mol. The summed E-state index contributed by atoms with van der Waals surface area (Å²) in [5, 5.41) is 0. The van der Waals surface area contributed by atoms with E-state index in [2.05, 4.69) is 13.0 Å². The number of carbonyl (C=O) groups excluding carboxylic acids is 1. The Hall–Kier alpha value is -0.590. The summed E-state index contributed by atoms with van der Waals surface area (Å²) in [7, 11) is 0. The summed E-state index contributed by atoms with van der Waals surface area (Å²) in [5.41, 5.74) is 1.18. The van der Waals surface area contributed by atoms with E-state index in [4.69, 9.17) is 0 Å². The van der Waals surface area contributed by atoms with Crippen LogP contribution in [0, 0.1) is 5.41 Å². The number of hydrogen-bond acceptors (Lipinski definition) is 1. The summed E-state index contributed by atoms with van der Waals surface area (Å²) in [6.45, 7) is 2.09. The molecule has 0 radical (unpaired) electrons. The third-order valence-electron chi connectivity index (χ3n) is 2.88. The Morgan fingerprint density at radius 3 is 2.73 bits per heavy atom. The molecule has 1 fully saturated rings. The first-order chi connectivity index (χ1) is 5.22. The highest BCUT2D eigenvalue weighted by molar-refractivity contribution is 6.01. The maximum atomic E-state index is 11.7. The zero-order chi connectivity index (χ0) is 7.90. The molecule has 0 unspecified atom stereocenters. The number of Topliss-reactive ketones (excluding diaryl/α,β-unsaturated/α-hetero) is 1. The lowest BCUT2D eigenvalue weighted by Crippen LogP contribution is -2.12. The van der Waals surface area contributed by atoms with Crippen LogP contribution in [0.1, 0.15) is 39.0 Å². The van der Waals surface area contributed by atoms with Crippen LogP contribution in [0.4, 0.5) is 0 Å². The summed E-state index contributed by atoms with van der Waals surface area (Å²) in [6, 6.07) is 0. The van der Waals surface area contributed by atoms with Gasteiger partial charge in [0.2, 0.25) is 0 Å². The van der Waals surface area contributed by atoms with Gasteiger partial charge in [0.1, 0.15) is 0 Å². The van der Waals surface area contributed by atoms with Crippen LogP contribution in [-0.4, -0.2) is 5.78 Å². The van der Waals surface area contributed by atoms with E-state index in [1.807, 2.05) is 0 Å². The van der Waals surface area contributed by atoms with Crippen LogP contribution in [-0.2, 0) is 4.79 Å². The fourth-order valence-corrected chi connectivity index (χ4v) is 1.68.